The number of hydrogen-bond donors (Lipinski definition) is 3. The lowest BCUT2D eigenvalue weighted by Gasteiger charge is -2.15. The number of amides is 2. The summed E-state index contributed by atoms with van der Waals surface area (Å²) in [6.45, 7) is 4.02. The van der Waals surface area contributed by atoms with Crippen molar-refractivity contribution in [3.05, 3.63) is 36.3 Å². The number of fused-ring (bicyclic) bond motifs is 1. The number of rotatable bonds is 6. The van der Waals surface area contributed by atoms with E-state index in [4.69, 9.17) is 5.73 Å². The summed E-state index contributed by atoms with van der Waals surface area (Å²) in [7, 11) is 0. The van der Waals surface area contributed by atoms with Gasteiger partial charge < -0.3 is 20.8 Å². The van der Waals surface area contributed by atoms with Gasteiger partial charge in [-0.25, -0.2) is 4.98 Å². The lowest BCUT2D eigenvalue weighted by Crippen LogP contribution is -2.47. The van der Waals surface area contributed by atoms with Gasteiger partial charge in [0.2, 0.25) is 11.8 Å². The van der Waals surface area contributed by atoms with Crippen LogP contribution in [0.15, 0.2) is 30.7 Å². The van der Waals surface area contributed by atoms with Crippen LogP contribution in [0, 0.1) is 5.92 Å². The van der Waals surface area contributed by atoms with Crippen LogP contribution in [0.25, 0.3) is 5.65 Å². The highest BCUT2D eigenvalue weighted by atomic mass is 16.2. The Bertz CT molecular complexity index is 665. The Morgan fingerprint density at radius 2 is 2.09 bits per heavy atom. The number of nitrogens with two attached hydrogens (primary N) is 1. The zero-order valence-electron chi connectivity index (χ0n) is 12.7. The molecule has 2 aromatic heterocycles. The van der Waals surface area contributed by atoms with Crippen LogP contribution >= 0.6 is 0 Å². The van der Waals surface area contributed by atoms with E-state index in [9.17, 15) is 9.59 Å². The highest BCUT2D eigenvalue weighted by Crippen LogP contribution is 2.04. The fraction of sp³-hybridized carbons (Fsp3) is 0.400. The first-order chi connectivity index (χ1) is 10.5. The number of carbonyl (C=O) groups excluding carboxylic acids is 2. The first-order valence-corrected chi connectivity index (χ1v) is 7.19. The van der Waals surface area contributed by atoms with Gasteiger partial charge in [-0.1, -0.05) is 13.8 Å². The molecule has 7 heteroatoms. The molecule has 2 amide bonds. The van der Waals surface area contributed by atoms with Gasteiger partial charge in [0, 0.05) is 25.1 Å². The van der Waals surface area contributed by atoms with Crippen molar-refractivity contribution >= 4 is 17.5 Å². The van der Waals surface area contributed by atoms with Crippen LogP contribution in [0.1, 0.15) is 19.4 Å². The number of carbonyl (C=O) groups is 2. The van der Waals surface area contributed by atoms with E-state index >= 15 is 0 Å². The molecule has 0 aliphatic heterocycles. The van der Waals surface area contributed by atoms with Gasteiger partial charge in [0.15, 0.2) is 0 Å². The average molecular weight is 303 g/mol. The first-order valence-electron chi connectivity index (χ1n) is 7.19. The third-order valence-electron chi connectivity index (χ3n) is 3.40. The van der Waals surface area contributed by atoms with E-state index < -0.39 is 6.04 Å². The smallest absolute Gasteiger partial charge is 0.239 e. The Labute approximate surface area is 128 Å². The zero-order chi connectivity index (χ0) is 16.1. The monoisotopic (exact) mass is 303 g/mol. The molecule has 0 spiro atoms. The van der Waals surface area contributed by atoms with Crippen molar-refractivity contribution in [2.24, 2.45) is 11.7 Å². The van der Waals surface area contributed by atoms with Gasteiger partial charge in [-0.2, -0.15) is 0 Å². The molecule has 0 aliphatic carbocycles. The molecule has 0 saturated carbocycles. The third kappa shape index (κ3) is 4.05. The first kappa shape index (κ1) is 16.0. The van der Waals surface area contributed by atoms with Gasteiger partial charge in [-0.15, -0.1) is 0 Å². The highest BCUT2D eigenvalue weighted by Gasteiger charge is 2.17. The van der Waals surface area contributed by atoms with Crippen LogP contribution in [-0.2, 0) is 16.1 Å². The predicted octanol–water partition coefficient (Wildman–Crippen LogP) is 0.0500. The summed E-state index contributed by atoms with van der Waals surface area (Å²) < 4.78 is 1.89. The second kappa shape index (κ2) is 7.04. The largest absolute Gasteiger partial charge is 0.350 e. The summed E-state index contributed by atoms with van der Waals surface area (Å²) in [6.07, 6.45) is 5.45. The molecular formula is C15H21N5O2. The molecule has 1 atom stereocenters. The molecule has 118 valence electrons. The Balaban J connectivity index is 1.79. The summed E-state index contributed by atoms with van der Waals surface area (Å²) in [6, 6.07) is 3.20. The maximum Gasteiger partial charge on any atom is 0.239 e. The van der Waals surface area contributed by atoms with Crippen molar-refractivity contribution in [1.82, 2.24) is 20.0 Å². The van der Waals surface area contributed by atoms with Crippen LogP contribution in [0.4, 0.5) is 0 Å². The van der Waals surface area contributed by atoms with E-state index in [0.717, 1.165) is 11.2 Å². The number of pyridine rings is 1. The maximum absolute atomic E-state index is 11.7. The quantitative estimate of drug-likeness (QED) is 0.702. The normalized spacial score (nSPS) is 12.4. The standard InChI is InChI=1S/C15H21N5O2/c1-10(2)14(16)15(22)19-9-13(21)18-8-11-3-5-20-6-4-17-12(20)7-11/h3-7,10,14H,8-9,16H2,1-2H3,(H,18,21)(H,19,22)/t14-/m0/s1. The van der Waals surface area contributed by atoms with E-state index in [1.807, 2.05) is 42.8 Å². The topological polar surface area (TPSA) is 102 Å². The van der Waals surface area contributed by atoms with E-state index in [1.54, 1.807) is 6.20 Å². The molecule has 0 unspecified atom stereocenters. The van der Waals surface area contributed by atoms with Gasteiger partial charge in [-0.3, -0.25) is 9.59 Å². The van der Waals surface area contributed by atoms with E-state index in [1.165, 1.54) is 0 Å². The SMILES string of the molecule is CC(C)[C@H](N)C(=O)NCC(=O)NCc1ccn2ccnc2c1. The molecule has 0 bridgehead atoms. The predicted molar refractivity (Wildman–Crippen MR) is 82.9 cm³/mol. The summed E-state index contributed by atoms with van der Waals surface area (Å²) in [5.74, 6) is -0.541. The molecule has 7 nitrogen and oxygen atoms in total. The summed E-state index contributed by atoms with van der Waals surface area (Å²) in [4.78, 5) is 27.6. The summed E-state index contributed by atoms with van der Waals surface area (Å²) in [5.41, 5.74) is 7.46. The van der Waals surface area contributed by atoms with Gasteiger partial charge in [0.1, 0.15) is 5.65 Å². The molecule has 4 N–H and O–H groups in total. The molecule has 0 aliphatic rings. The minimum atomic E-state index is -0.601. The molecule has 0 fully saturated rings. The zero-order valence-corrected chi connectivity index (χ0v) is 12.7. The number of aromatic nitrogens is 2. The van der Waals surface area contributed by atoms with Crippen LogP contribution in [0.2, 0.25) is 0 Å². The fourth-order valence-electron chi connectivity index (χ4n) is 1.91. The van der Waals surface area contributed by atoms with Crippen molar-refractivity contribution in [3.8, 4) is 0 Å². The van der Waals surface area contributed by atoms with E-state index in [0.29, 0.717) is 6.54 Å². The van der Waals surface area contributed by atoms with Gasteiger partial charge in [-0.05, 0) is 23.6 Å². The van der Waals surface area contributed by atoms with E-state index in [-0.39, 0.29) is 24.3 Å². The van der Waals surface area contributed by atoms with Crippen molar-refractivity contribution in [1.29, 1.82) is 0 Å². The van der Waals surface area contributed by atoms with Crippen LogP contribution in [-0.4, -0.2) is 33.8 Å². The van der Waals surface area contributed by atoms with Gasteiger partial charge >= 0.3 is 0 Å². The molecule has 2 rings (SSSR count). The summed E-state index contributed by atoms with van der Waals surface area (Å²) >= 11 is 0. The Hall–Kier alpha value is -2.41. The maximum atomic E-state index is 11.7. The molecular weight excluding hydrogens is 282 g/mol. The molecule has 0 radical (unpaired) electrons. The Kier molecular flexibility index (Phi) is 5.11. The Morgan fingerprint density at radius 1 is 1.32 bits per heavy atom. The number of imidazole rings is 1. The van der Waals surface area contributed by atoms with Gasteiger partial charge in [0.05, 0.1) is 12.6 Å². The lowest BCUT2D eigenvalue weighted by molar-refractivity contribution is -0.127. The third-order valence-corrected chi connectivity index (χ3v) is 3.40. The number of hydrogen-bond acceptors (Lipinski definition) is 4. The fourth-order valence-corrected chi connectivity index (χ4v) is 1.91. The summed E-state index contributed by atoms with van der Waals surface area (Å²) in [5, 5.41) is 5.28. The van der Waals surface area contributed by atoms with Gasteiger partial charge in [0.25, 0.3) is 0 Å². The molecule has 2 aromatic rings. The van der Waals surface area contributed by atoms with Crippen LogP contribution < -0.4 is 16.4 Å². The minimum absolute atomic E-state index is 0.0318. The number of nitrogens with zero attached hydrogens (tertiary/aromatic N) is 2. The van der Waals surface area contributed by atoms with Crippen molar-refractivity contribution in [2.75, 3.05) is 6.54 Å². The van der Waals surface area contributed by atoms with Crippen molar-refractivity contribution in [3.63, 3.8) is 0 Å². The second-order valence-electron chi connectivity index (χ2n) is 5.49. The van der Waals surface area contributed by atoms with Crippen LogP contribution in [0.5, 0.6) is 0 Å². The second-order valence-corrected chi connectivity index (χ2v) is 5.49. The molecule has 0 aromatic carbocycles. The van der Waals surface area contributed by atoms with Crippen LogP contribution in [0.3, 0.4) is 0 Å². The van der Waals surface area contributed by atoms with E-state index in [2.05, 4.69) is 15.6 Å². The molecule has 2 heterocycles. The Morgan fingerprint density at radius 3 is 2.82 bits per heavy atom. The minimum Gasteiger partial charge on any atom is -0.350 e. The average Bonchev–Trinajstić information content (AvgIpc) is 2.97. The molecule has 0 saturated heterocycles. The van der Waals surface area contributed by atoms with Crippen molar-refractivity contribution < 1.29 is 9.59 Å². The van der Waals surface area contributed by atoms with Crippen molar-refractivity contribution in [2.45, 2.75) is 26.4 Å². The highest BCUT2D eigenvalue weighted by molar-refractivity contribution is 5.87. The molecule has 22 heavy (non-hydrogen) atoms. The lowest BCUT2D eigenvalue weighted by atomic mass is 10.1. The number of nitrogens with one attached hydrogen (secondary N) is 2.